The minimum atomic E-state index is -0.716. The Hall–Kier alpha value is -1.58. The van der Waals surface area contributed by atoms with Gasteiger partial charge in [0.05, 0.1) is 0 Å². The van der Waals surface area contributed by atoms with Gasteiger partial charge in [-0.2, -0.15) is 0 Å². The van der Waals surface area contributed by atoms with Gasteiger partial charge in [-0.1, -0.05) is 0 Å². The third kappa shape index (κ3) is 0.697. The van der Waals surface area contributed by atoms with Gasteiger partial charge in [0.15, 0.2) is 11.2 Å². The smallest absolute Gasteiger partial charge is 0.331 e. The first-order valence-electron chi connectivity index (χ1n) is 4.50. The summed E-state index contributed by atoms with van der Waals surface area (Å²) in [6.45, 7) is 0. The number of carbonyl (C=O) groups is 2. The van der Waals surface area contributed by atoms with Gasteiger partial charge in [-0.15, -0.1) is 0 Å². The van der Waals surface area contributed by atoms with Crippen LogP contribution >= 0.6 is 0 Å². The third-order valence-electron chi connectivity index (χ3n) is 3.13. The van der Waals surface area contributed by atoms with Gasteiger partial charge >= 0.3 is 11.9 Å². The van der Waals surface area contributed by atoms with Crippen LogP contribution in [0.25, 0.3) is 0 Å². The zero-order chi connectivity index (χ0) is 9.81. The summed E-state index contributed by atoms with van der Waals surface area (Å²) in [5, 5.41) is 0. The molecule has 0 aromatic heterocycles. The van der Waals surface area contributed by atoms with Gasteiger partial charge in [0.2, 0.25) is 0 Å². The van der Waals surface area contributed by atoms with E-state index in [4.69, 9.17) is 9.47 Å². The number of fused-ring (bicyclic) bond motifs is 1. The molecule has 2 atom stereocenters. The van der Waals surface area contributed by atoms with Gasteiger partial charge < -0.3 is 9.47 Å². The van der Waals surface area contributed by atoms with Crippen molar-refractivity contribution in [1.82, 2.24) is 0 Å². The molecule has 0 aromatic carbocycles. The van der Waals surface area contributed by atoms with Crippen LogP contribution < -0.4 is 0 Å². The molecule has 0 amide bonds. The van der Waals surface area contributed by atoms with Crippen LogP contribution in [0.1, 0.15) is 12.8 Å². The Labute approximate surface area is 80.2 Å². The molecule has 0 bridgehead atoms. The first-order chi connectivity index (χ1) is 6.66. The molecule has 3 aliphatic rings. The number of esters is 2. The lowest BCUT2D eigenvalue weighted by Gasteiger charge is -2.50. The van der Waals surface area contributed by atoms with Gasteiger partial charge in [0, 0.05) is 12.2 Å². The van der Waals surface area contributed by atoms with Crippen molar-refractivity contribution in [1.29, 1.82) is 0 Å². The highest BCUT2D eigenvalue weighted by Gasteiger charge is 2.65. The van der Waals surface area contributed by atoms with Crippen molar-refractivity contribution in [2.45, 2.75) is 24.0 Å². The van der Waals surface area contributed by atoms with Crippen molar-refractivity contribution < 1.29 is 19.1 Å². The molecule has 2 heterocycles. The van der Waals surface area contributed by atoms with E-state index in [1.165, 1.54) is 12.2 Å². The molecule has 0 saturated heterocycles. The first-order valence-corrected chi connectivity index (χ1v) is 4.50. The molecule has 1 fully saturated rings. The maximum Gasteiger partial charge on any atom is 0.331 e. The van der Waals surface area contributed by atoms with Crippen molar-refractivity contribution in [2.24, 2.45) is 0 Å². The lowest BCUT2D eigenvalue weighted by molar-refractivity contribution is -0.206. The SMILES string of the molecule is O=C1C=C[C@@]2(CC[C@@]23C=CC(=O)O3)O1. The summed E-state index contributed by atoms with van der Waals surface area (Å²) >= 11 is 0. The highest BCUT2D eigenvalue weighted by Crippen LogP contribution is 2.53. The van der Waals surface area contributed by atoms with E-state index in [0.29, 0.717) is 12.8 Å². The van der Waals surface area contributed by atoms with E-state index in [9.17, 15) is 9.59 Å². The summed E-state index contributed by atoms with van der Waals surface area (Å²) in [4.78, 5) is 22.0. The van der Waals surface area contributed by atoms with E-state index >= 15 is 0 Å². The molecule has 1 saturated carbocycles. The molecule has 0 unspecified atom stereocenters. The Morgan fingerprint density at radius 2 is 1.36 bits per heavy atom. The summed E-state index contributed by atoms with van der Waals surface area (Å²) in [5.41, 5.74) is -1.43. The fourth-order valence-electron chi connectivity index (χ4n) is 2.24. The zero-order valence-corrected chi connectivity index (χ0v) is 7.36. The number of ether oxygens (including phenoxy) is 2. The van der Waals surface area contributed by atoms with Crippen LogP contribution in [0.3, 0.4) is 0 Å². The topological polar surface area (TPSA) is 52.6 Å². The van der Waals surface area contributed by atoms with Crippen LogP contribution in [0.2, 0.25) is 0 Å². The maximum atomic E-state index is 11.0. The van der Waals surface area contributed by atoms with Gasteiger partial charge in [0.25, 0.3) is 0 Å². The van der Waals surface area contributed by atoms with Crippen molar-refractivity contribution in [3.8, 4) is 0 Å². The highest BCUT2D eigenvalue weighted by molar-refractivity contribution is 5.89. The first kappa shape index (κ1) is 7.79. The molecule has 1 aliphatic carbocycles. The Morgan fingerprint density at radius 1 is 0.929 bits per heavy atom. The van der Waals surface area contributed by atoms with Crippen LogP contribution in [-0.2, 0) is 19.1 Å². The number of rotatable bonds is 0. The molecule has 0 aromatic rings. The Kier molecular flexibility index (Phi) is 1.16. The van der Waals surface area contributed by atoms with E-state index < -0.39 is 11.2 Å². The summed E-state index contributed by atoms with van der Waals surface area (Å²) in [6.07, 6.45) is 7.60. The zero-order valence-electron chi connectivity index (χ0n) is 7.36. The molecule has 0 N–H and O–H groups in total. The summed E-state index contributed by atoms with van der Waals surface area (Å²) < 4.78 is 10.4. The van der Waals surface area contributed by atoms with Crippen LogP contribution in [0.4, 0.5) is 0 Å². The highest BCUT2D eigenvalue weighted by atomic mass is 16.6. The number of carbonyl (C=O) groups excluding carboxylic acids is 2. The second kappa shape index (κ2) is 2.08. The number of hydrogen-bond acceptors (Lipinski definition) is 4. The molecule has 3 rings (SSSR count). The minimum absolute atomic E-state index is 0.361. The Bertz CT molecular complexity index is 357. The second-order valence-corrected chi connectivity index (χ2v) is 3.79. The minimum Gasteiger partial charge on any atom is -0.447 e. The van der Waals surface area contributed by atoms with E-state index in [1.54, 1.807) is 12.2 Å². The van der Waals surface area contributed by atoms with Crippen molar-refractivity contribution in [3.05, 3.63) is 24.3 Å². The lowest BCUT2D eigenvalue weighted by atomic mass is 9.65. The van der Waals surface area contributed by atoms with Gasteiger partial charge in [-0.3, -0.25) is 0 Å². The van der Waals surface area contributed by atoms with Crippen molar-refractivity contribution in [3.63, 3.8) is 0 Å². The van der Waals surface area contributed by atoms with Crippen molar-refractivity contribution >= 4 is 11.9 Å². The molecule has 4 heteroatoms. The van der Waals surface area contributed by atoms with Crippen LogP contribution in [0, 0.1) is 0 Å². The van der Waals surface area contributed by atoms with Gasteiger partial charge in [-0.25, -0.2) is 9.59 Å². The van der Waals surface area contributed by atoms with Gasteiger partial charge in [0.1, 0.15) is 0 Å². The maximum absolute atomic E-state index is 11.0. The predicted octanol–water partition coefficient (Wildman–Crippen LogP) is 0.484. The molecule has 14 heavy (non-hydrogen) atoms. The second-order valence-electron chi connectivity index (χ2n) is 3.79. The standard InChI is InChI=1S/C10H8O4/c11-7-1-3-9(13-7)5-6-10(9)4-2-8(12)14-10/h1-4H,5-6H2/t9-,10-/m0/s1. The van der Waals surface area contributed by atoms with E-state index in [-0.39, 0.29) is 11.9 Å². The van der Waals surface area contributed by atoms with Crippen LogP contribution in [0.15, 0.2) is 24.3 Å². The fourth-order valence-corrected chi connectivity index (χ4v) is 2.24. The van der Waals surface area contributed by atoms with E-state index in [2.05, 4.69) is 0 Å². The average Bonchev–Trinajstić information content (AvgIpc) is 2.71. The quantitative estimate of drug-likeness (QED) is 0.524. The lowest BCUT2D eigenvalue weighted by Crippen LogP contribution is -2.61. The monoisotopic (exact) mass is 192 g/mol. The normalized spacial score (nSPS) is 43.1. The van der Waals surface area contributed by atoms with E-state index in [1.807, 2.05) is 0 Å². The van der Waals surface area contributed by atoms with Crippen LogP contribution in [0.5, 0.6) is 0 Å². The van der Waals surface area contributed by atoms with E-state index in [0.717, 1.165) is 0 Å². The predicted molar refractivity (Wildman–Crippen MR) is 45.2 cm³/mol. The molecule has 72 valence electrons. The number of hydrogen-bond donors (Lipinski definition) is 0. The van der Waals surface area contributed by atoms with Gasteiger partial charge in [-0.05, 0) is 25.0 Å². The molecule has 4 nitrogen and oxygen atoms in total. The fraction of sp³-hybridized carbons (Fsp3) is 0.400. The molecule has 2 spiro atoms. The molecule has 0 radical (unpaired) electrons. The largest absolute Gasteiger partial charge is 0.447 e. The molecule has 2 aliphatic heterocycles. The molecular weight excluding hydrogens is 184 g/mol. The average molecular weight is 192 g/mol. The third-order valence-corrected chi connectivity index (χ3v) is 3.13. The summed E-state index contributed by atoms with van der Waals surface area (Å²) in [6, 6.07) is 0. The Balaban J connectivity index is 1.98. The van der Waals surface area contributed by atoms with Crippen molar-refractivity contribution in [2.75, 3.05) is 0 Å². The Morgan fingerprint density at radius 3 is 1.57 bits per heavy atom. The molecular formula is C10H8O4. The van der Waals surface area contributed by atoms with Crippen LogP contribution in [-0.4, -0.2) is 23.1 Å². The summed E-state index contributed by atoms with van der Waals surface area (Å²) in [5.74, 6) is -0.721. The summed E-state index contributed by atoms with van der Waals surface area (Å²) in [7, 11) is 0.